The van der Waals surface area contributed by atoms with Crippen LogP contribution in [0.2, 0.25) is 0 Å². The lowest BCUT2D eigenvalue weighted by Gasteiger charge is -2.23. The summed E-state index contributed by atoms with van der Waals surface area (Å²) in [6, 6.07) is 65.9. The molecule has 11 rings (SSSR count). The fraction of sp³-hybridized carbons (Fsp3) is 0.0566. The number of hydrogen-bond donors (Lipinski definition) is 0. The summed E-state index contributed by atoms with van der Waals surface area (Å²) in [5.74, 6) is 0.713. The first-order valence-corrected chi connectivity index (χ1v) is 20.0. The highest BCUT2D eigenvalue weighted by atomic mass is 32.1. The minimum atomic E-state index is -0.174. The standard InChI is InChI=1S/C53H36N2S/c1-53(2)46-31-36(25-26-42(46)44-27-24-34-16-9-10-19-40(34)50(44)53)47-32-48(55-52(54-47)35-17-7-4-8-18-35)39-29-37(33-14-5-3-6-15-33)28-38(30-39)41-21-13-22-45-43-20-11-12-23-49(43)56-51(41)45/h3-32H,1-2H3. The second kappa shape index (κ2) is 12.7. The normalized spacial score (nSPS) is 13.0. The zero-order valence-electron chi connectivity index (χ0n) is 31.1. The molecule has 0 aliphatic heterocycles. The molecule has 0 saturated heterocycles. The molecule has 0 saturated carbocycles. The van der Waals surface area contributed by atoms with E-state index >= 15 is 0 Å². The van der Waals surface area contributed by atoms with Crippen LogP contribution in [0.1, 0.15) is 25.0 Å². The van der Waals surface area contributed by atoms with E-state index in [1.54, 1.807) is 0 Å². The van der Waals surface area contributed by atoms with Gasteiger partial charge in [-0.05, 0) is 91.7 Å². The summed E-state index contributed by atoms with van der Waals surface area (Å²) in [5, 5.41) is 5.19. The third-order valence-electron chi connectivity index (χ3n) is 11.6. The van der Waals surface area contributed by atoms with Crippen molar-refractivity contribution >= 4 is 42.3 Å². The van der Waals surface area contributed by atoms with Crippen molar-refractivity contribution in [1.29, 1.82) is 0 Å². The minimum Gasteiger partial charge on any atom is -0.228 e. The van der Waals surface area contributed by atoms with Crippen LogP contribution in [0.5, 0.6) is 0 Å². The van der Waals surface area contributed by atoms with Gasteiger partial charge in [0.15, 0.2) is 5.82 Å². The molecule has 2 heterocycles. The van der Waals surface area contributed by atoms with Gasteiger partial charge < -0.3 is 0 Å². The van der Waals surface area contributed by atoms with Gasteiger partial charge in [0.05, 0.1) is 11.4 Å². The lowest BCUT2D eigenvalue weighted by Crippen LogP contribution is -2.15. The SMILES string of the molecule is CC1(C)c2cc(-c3cc(-c4cc(-c5ccccc5)cc(-c5cccc6c5sc5ccccc56)c4)nc(-c4ccccc4)n3)ccc2-c2ccc3ccccc3c21. The molecule has 0 bridgehead atoms. The van der Waals surface area contributed by atoms with Gasteiger partial charge in [0.25, 0.3) is 0 Å². The summed E-state index contributed by atoms with van der Waals surface area (Å²) in [6.45, 7) is 4.73. The molecule has 10 aromatic rings. The Balaban J connectivity index is 1.12. The van der Waals surface area contributed by atoms with E-state index < -0.39 is 0 Å². The van der Waals surface area contributed by atoms with Crippen LogP contribution in [-0.2, 0) is 5.41 Å². The topological polar surface area (TPSA) is 25.8 Å². The monoisotopic (exact) mass is 732 g/mol. The quantitative estimate of drug-likeness (QED) is 0.176. The maximum absolute atomic E-state index is 5.33. The van der Waals surface area contributed by atoms with E-state index in [1.165, 1.54) is 69.9 Å². The molecule has 0 amide bonds. The number of rotatable bonds is 5. The average Bonchev–Trinajstić information content (AvgIpc) is 3.75. The summed E-state index contributed by atoms with van der Waals surface area (Å²) < 4.78 is 2.60. The first kappa shape index (κ1) is 32.7. The molecular formula is C53H36N2S. The lowest BCUT2D eigenvalue weighted by atomic mass is 9.80. The lowest BCUT2D eigenvalue weighted by molar-refractivity contribution is 0.666. The molecule has 1 aliphatic carbocycles. The van der Waals surface area contributed by atoms with Crippen molar-refractivity contribution < 1.29 is 0 Å². The Kier molecular flexibility index (Phi) is 7.42. The molecule has 1 aliphatic rings. The number of hydrogen-bond acceptors (Lipinski definition) is 3. The fourth-order valence-electron chi connectivity index (χ4n) is 8.92. The van der Waals surface area contributed by atoms with E-state index in [2.05, 4.69) is 190 Å². The molecule has 8 aromatic carbocycles. The molecule has 3 heteroatoms. The molecule has 56 heavy (non-hydrogen) atoms. The third-order valence-corrected chi connectivity index (χ3v) is 12.9. The molecule has 0 radical (unpaired) electrons. The van der Waals surface area contributed by atoms with Gasteiger partial charge in [-0.1, -0.05) is 159 Å². The molecule has 0 unspecified atom stereocenters. The Morgan fingerprint density at radius 2 is 1.05 bits per heavy atom. The number of thiophene rings is 1. The van der Waals surface area contributed by atoms with Crippen LogP contribution in [0, 0.1) is 0 Å². The zero-order chi connectivity index (χ0) is 37.4. The van der Waals surface area contributed by atoms with Gasteiger partial charge >= 0.3 is 0 Å². The number of nitrogens with zero attached hydrogens (tertiary/aromatic N) is 2. The first-order chi connectivity index (χ1) is 27.5. The van der Waals surface area contributed by atoms with Crippen LogP contribution in [0.15, 0.2) is 182 Å². The molecule has 264 valence electrons. The van der Waals surface area contributed by atoms with Crippen molar-refractivity contribution in [2.24, 2.45) is 0 Å². The number of fused-ring (bicyclic) bond motifs is 8. The van der Waals surface area contributed by atoms with Crippen molar-refractivity contribution in [3.05, 3.63) is 193 Å². The molecule has 0 N–H and O–H groups in total. The summed E-state index contributed by atoms with van der Waals surface area (Å²) >= 11 is 1.87. The fourth-order valence-corrected chi connectivity index (χ4v) is 10.2. The van der Waals surface area contributed by atoms with Gasteiger partial charge in [-0.3, -0.25) is 0 Å². The van der Waals surface area contributed by atoms with Crippen LogP contribution < -0.4 is 0 Å². The van der Waals surface area contributed by atoms with Crippen LogP contribution >= 0.6 is 11.3 Å². The maximum Gasteiger partial charge on any atom is 0.160 e. The predicted octanol–water partition coefficient (Wildman–Crippen LogP) is 14.6. The Hall–Kier alpha value is -6.68. The number of aromatic nitrogens is 2. The van der Waals surface area contributed by atoms with E-state index in [4.69, 9.17) is 9.97 Å². The molecular weight excluding hydrogens is 697 g/mol. The Morgan fingerprint density at radius 3 is 1.88 bits per heavy atom. The van der Waals surface area contributed by atoms with Crippen molar-refractivity contribution in [3.8, 4) is 67.3 Å². The van der Waals surface area contributed by atoms with Crippen molar-refractivity contribution in [2.75, 3.05) is 0 Å². The highest BCUT2D eigenvalue weighted by Crippen LogP contribution is 2.52. The smallest absolute Gasteiger partial charge is 0.160 e. The van der Waals surface area contributed by atoms with E-state index in [1.807, 2.05) is 17.4 Å². The van der Waals surface area contributed by atoms with E-state index in [0.29, 0.717) is 5.82 Å². The highest BCUT2D eigenvalue weighted by Gasteiger charge is 2.37. The van der Waals surface area contributed by atoms with Crippen molar-refractivity contribution in [1.82, 2.24) is 9.97 Å². The van der Waals surface area contributed by atoms with Crippen LogP contribution in [-0.4, -0.2) is 9.97 Å². The molecule has 0 atom stereocenters. The third kappa shape index (κ3) is 5.23. The first-order valence-electron chi connectivity index (χ1n) is 19.2. The average molecular weight is 733 g/mol. The molecule has 0 spiro atoms. The van der Waals surface area contributed by atoms with Gasteiger partial charge in [-0.25, -0.2) is 9.97 Å². The van der Waals surface area contributed by atoms with Crippen LogP contribution in [0.3, 0.4) is 0 Å². The highest BCUT2D eigenvalue weighted by molar-refractivity contribution is 7.26. The minimum absolute atomic E-state index is 0.174. The maximum atomic E-state index is 5.33. The van der Waals surface area contributed by atoms with Gasteiger partial charge in [0.2, 0.25) is 0 Å². The van der Waals surface area contributed by atoms with E-state index in [0.717, 1.165) is 33.6 Å². The van der Waals surface area contributed by atoms with Gasteiger partial charge in [0.1, 0.15) is 0 Å². The van der Waals surface area contributed by atoms with Gasteiger partial charge in [-0.2, -0.15) is 0 Å². The van der Waals surface area contributed by atoms with Crippen molar-refractivity contribution in [3.63, 3.8) is 0 Å². The predicted molar refractivity (Wildman–Crippen MR) is 237 cm³/mol. The molecule has 0 fully saturated rings. The second-order valence-corrected chi connectivity index (χ2v) is 16.4. The Labute approximate surface area is 330 Å². The van der Waals surface area contributed by atoms with Gasteiger partial charge in [-0.15, -0.1) is 11.3 Å². The molecule has 2 nitrogen and oxygen atoms in total. The molecule has 2 aromatic heterocycles. The summed E-state index contributed by atoms with van der Waals surface area (Å²) in [5.41, 5.74) is 14.8. The van der Waals surface area contributed by atoms with Crippen LogP contribution in [0.25, 0.3) is 98.2 Å². The largest absolute Gasteiger partial charge is 0.228 e. The van der Waals surface area contributed by atoms with Crippen molar-refractivity contribution in [2.45, 2.75) is 19.3 Å². The Bertz CT molecular complexity index is 3160. The zero-order valence-corrected chi connectivity index (χ0v) is 31.9. The summed E-state index contributed by atoms with van der Waals surface area (Å²) in [4.78, 5) is 10.6. The summed E-state index contributed by atoms with van der Waals surface area (Å²) in [6.07, 6.45) is 0. The van der Waals surface area contributed by atoms with E-state index in [9.17, 15) is 0 Å². The van der Waals surface area contributed by atoms with Gasteiger partial charge in [0, 0.05) is 42.3 Å². The summed E-state index contributed by atoms with van der Waals surface area (Å²) in [7, 11) is 0. The van der Waals surface area contributed by atoms with Crippen LogP contribution in [0.4, 0.5) is 0 Å². The second-order valence-electron chi connectivity index (χ2n) is 15.4. The van der Waals surface area contributed by atoms with E-state index in [-0.39, 0.29) is 5.41 Å². The number of benzene rings is 8. The Morgan fingerprint density at radius 1 is 0.411 bits per heavy atom.